The van der Waals surface area contributed by atoms with E-state index in [2.05, 4.69) is 22.2 Å². The van der Waals surface area contributed by atoms with Crippen LogP contribution >= 0.6 is 0 Å². The van der Waals surface area contributed by atoms with Crippen LogP contribution in [-0.2, 0) is 0 Å². The van der Waals surface area contributed by atoms with E-state index in [9.17, 15) is 4.79 Å². The lowest BCUT2D eigenvalue weighted by Crippen LogP contribution is -2.41. The molecule has 0 bridgehead atoms. The van der Waals surface area contributed by atoms with Crippen LogP contribution in [0.1, 0.15) is 36.5 Å². The summed E-state index contributed by atoms with van der Waals surface area (Å²) in [6.07, 6.45) is 8.01. The van der Waals surface area contributed by atoms with Crippen molar-refractivity contribution in [2.75, 3.05) is 26.2 Å². The number of nitrogens with one attached hydrogen (secondary N) is 1. The number of piperidine rings is 1. The van der Waals surface area contributed by atoms with Gasteiger partial charge in [-0.05, 0) is 38.3 Å². The van der Waals surface area contributed by atoms with E-state index in [1.165, 1.54) is 19.2 Å². The molecule has 1 fully saturated rings. The highest BCUT2D eigenvalue weighted by molar-refractivity contribution is 5.93. The molecular weight excluding hydrogens is 240 g/mol. The number of hydrogen-bond donors (Lipinski definition) is 1. The fourth-order valence-electron chi connectivity index (χ4n) is 2.53. The van der Waals surface area contributed by atoms with E-state index in [0.717, 1.165) is 32.6 Å². The van der Waals surface area contributed by atoms with Crippen molar-refractivity contribution in [3.8, 4) is 0 Å². The minimum absolute atomic E-state index is 0.0491. The molecule has 104 valence electrons. The van der Waals surface area contributed by atoms with Crippen molar-refractivity contribution in [3.63, 3.8) is 0 Å². The van der Waals surface area contributed by atoms with Crippen LogP contribution in [0.5, 0.6) is 0 Å². The molecule has 1 aromatic heterocycles. The molecule has 0 aromatic carbocycles. The molecule has 1 atom stereocenters. The third kappa shape index (κ3) is 3.99. The Bertz CT molecular complexity index is 390. The maximum absolute atomic E-state index is 12.4. The van der Waals surface area contributed by atoms with Gasteiger partial charge in [0.15, 0.2) is 0 Å². The number of carbonyl (C=O) groups excluding carboxylic acids is 1. The third-order valence-corrected chi connectivity index (χ3v) is 3.47. The molecule has 2 heterocycles. The van der Waals surface area contributed by atoms with Gasteiger partial charge < -0.3 is 10.2 Å². The van der Waals surface area contributed by atoms with Crippen molar-refractivity contribution in [2.24, 2.45) is 5.92 Å². The van der Waals surface area contributed by atoms with Crippen LogP contribution in [0.15, 0.2) is 18.7 Å². The zero-order valence-corrected chi connectivity index (χ0v) is 11.5. The van der Waals surface area contributed by atoms with Crippen LogP contribution < -0.4 is 5.32 Å². The summed E-state index contributed by atoms with van der Waals surface area (Å²) in [4.78, 5) is 22.2. The first-order valence-corrected chi connectivity index (χ1v) is 7.06. The van der Waals surface area contributed by atoms with Crippen molar-refractivity contribution in [2.45, 2.75) is 26.2 Å². The second-order valence-electron chi connectivity index (χ2n) is 5.09. The molecule has 0 spiro atoms. The number of hydrogen-bond acceptors (Lipinski definition) is 4. The average Bonchev–Trinajstić information content (AvgIpc) is 2.48. The molecule has 0 aliphatic carbocycles. The van der Waals surface area contributed by atoms with E-state index in [4.69, 9.17) is 0 Å². The second-order valence-corrected chi connectivity index (χ2v) is 5.09. The predicted octanol–water partition coefficient (Wildman–Crippen LogP) is 1.33. The van der Waals surface area contributed by atoms with Gasteiger partial charge in [0.1, 0.15) is 6.33 Å². The summed E-state index contributed by atoms with van der Waals surface area (Å²) in [5.74, 6) is 0.613. The van der Waals surface area contributed by atoms with E-state index >= 15 is 0 Å². The molecule has 1 aliphatic rings. The largest absolute Gasteiger partial charge is 0.338 e. The van der Waals surface area contributed by atoms with Gasteiger partial charge in [-0.25, -0.2) is 9.97 Å². The number of rotatable bonds is 5. The van der Waals surface area contributed by atoms with Crippen molar-refractivity contribution < 1.29 is 4.79 Å². The standard InChI is InChI=1S/C14H22N4O/c1-2-6-18(10-12-4-3-5-15-7-12)14(19)13-8-16-11-17-9-13/h8-9,11-12,15H,2-7,10H2,1H3. The minimum atomic E-state index is 0.0491. The van der Waals surface area contributed by atoms with Crippen LogP contribution in [0, 0.1) is 5.92 Å². The first kappa shape index (κ1) is 13.9. The van der Waals surface area contributed by atoms with Gasteiger partial charge in [0.05, 0.1) is 5.56 Å². The zero-order valence-electron chi connectivity index (χ0n) is 11.5. The summed E-state index contributed by atoms with van der Waals surface area (Å²) in [7, 11) is 0. The molecule has 1 aliphatic heterocycles. The summed E-state index contributed by atoms with van der Waals surface area (Å²) in [5.41, 5.74) is 0.583. The molecule has 1 aromatic rings. The van der Waals surface area contributed by atoms with E-state index < -0.39 is 0 Å². The predicted molar refractivity (Wildman–Crippen MR) is 73.8 cm³/mol. The molecule has 1 amide bonds. The Morgan fingerprint density at radius 1 is 1.47 bits per heavy atom. The highest BCUT2D eigenvalue weighted by atomic mass is 16.2. The summed E-state index contributed by atoms with van der Waals surface area (Å²) in [6.45, 7) is 5.84. The fraction of sp³-hybridized carbons (Fsp3) is 0.643. The summed E-state index contributed by atoms with van der Waals surface area (Å²) in [6, 6.07) is 0. The minimum Gasteiger partial charge on any atom is -0.338 e. The Kier molecular flexibility index (Phi) is 5.27. The average molecular weight is 262 g/mol. The van der Waals surface area contributed by atoms with Crippen LogP contribution in [0.3, 0.4) is 0 Å². The molecule has 2 rings (SSSR count). The first-order chi connectivity index (χ1) is 9.31. The molecule has 5 heteroatoms. The zero-order chi connectivity index (χ0) is 13.5. The molecule has 0 saturated carbocycles. The van der Waals surface area contributed by atoms with Gasteiger partial charge in [0, 0.05) is 25.5 Å². The lowest BCUT2D eigenvalue weighted by atomic mass is 9.99. The van der Waals surface area contributed by atoms with Gasteiger partial charge in [0.2, 0.25) is 0 Å². The Morgan fingerprint density at radius 3 is 2.89 bits per heavy atom. The van der Waals surface area contributed by atoms with Crippen LogP contribution in [0.25, 0.3) is 0 Å². The Morgan fingerprint density at radius 2 is 2.26 bits per heavy atom. The molecule has 1 saturated heterocycles. The monoisotopic (exact) mass is 262 g/mol. The van der Waals surface area contributed by atoms with Crippen molar-refractivity contribution in [1.82, 2.24) is 20.2 Å². The van der Waals surface area contributed by atoms with Gasteiger partial charge in [-0.15, -0.1) is 0 Å². The molecule has 5 nitrogen and oxygen atoms in total. The number of amides is 1. The van der Waals surface area contributed by atoms with Crippen molar-refractivity contribution in [3.05, 3.63) is 24.3 Å². The third-order valence-electron chi connectivity index (χ3n) is 3.47. The van der Waals surface area contributed by atoms with Gasteiger partial charge in [-0.1, -0.05) is 6.92 Å². The van der Waals surface area contributed by atoms with Crippen LogP contribution in [-0.4, -0.2) is 47.0 Å². The Labute approximate surface area is 114 Å². The number of nitrogens with zero attached hydrogens (tertiary/aromatic N) is 3. The Hall–Kier alpha value is -1.49. The topological polar surface area (TPSA) is 58.1 Å². The number of carbonyl (C=O) groups is 1. The van der Waals surface area contributed by atoms with E-state index in [1.54, 1.807) is 12.4 Å². The van der Waals surface area contributed by atoms with E-state index in [1.807, 2.05) is 4.90 Å². The van der Waals surface area contributed by atoms with Crippen molar-refractivity contribution >= 4 is 5.91 Å². The molecule has 0 radical (unpaired) electrons. The molecule has 1 unspecified atom stereocenters. The van der Waals surface area contributed by atoms with Crippen LogP contribution in [0.4, 0.5) is 0 Å². The quantitative estimate of drug-likeness (QED) is 0.869. The maximum atomic E-state index is 12.4. The summed E-state index contributed by atoms with van der Waals surface area (Å²) < 4.78 is 0. The van der Waals surface area contributed by atoms with Gasteiger partial charge in [0.25, 0.3) is 5.91 Å². The first-order valence-electron chi connectivity index (χ1n) is 7.06. The lowest BCUT2D eigenvalue weighted by Gasteiger charge is -2.30. The second kappa shape index (κ2) is 7.19. The van der Waals surface area contributed by atoms with Gasteiger partial charge >= 0.3 is 0 Å². The van der Waals surface area contributed by atoms with Gasteiger partial charge in [-0.2, -0.15) is 0 Å². The SMILES string of the molecule is CCCN(CC1CCCNC1)C(=O)c1cncnc1. The smallest absolute Gasteiger partial charge is 0.256 e. The lowest BCUT2D eigenvalue weighted by molar-refractivity contribution is 0.0718. The summed E-state index contributed by atoms with van der Waals surface area (Å²) >= 11 is 0. The highest BCUT2D eigenvalue weighted by Crippen LogP contribution is 2.14. The van der Waals surface area contributed by atoms with Crippen molar-refractivity contribution in [1.29, 1.82) is 0 Å². The normalized spacial score (nSPS) is 19.1. The number of aromatic nitrogens is 2. The Balaban J connectivity index is 2.00. The van der Waals surface area contributed by atoms with Crippen LogP contribution in [0.2, 0.25) is 0 Å². The molecule has 1 N–H and O–H groups in total. The van der Waals surface area contributed by atoms with E-state index in [-0.39, 0.29) is 5.91 Å². The highest BCUT2D eigenvalue weighted by Gasteiger charge is 2.21. The van der Waals surface area contributed by atoms with Gasteiger partial charge in [-0.3, -0.25) is 4.79 Å². The maximum Gasteiger partial charge on any atom is 0.256 e. The van der Waals surface area contributed by atoms with E-state index in [0.29, 0.717) is 11.5 Å². The fourth-order valence-corrected chi connectivity index (χ4v) is 2.53. The summed E-state index contributed by atoms with van der Waals surface area (Å²) in [5, 5.41) is 3.40. The molecule has 19 heavy (non-hydrogen) atoms. The molecular formula is C14H22N4O.